The zero-order valence-corrected chi connectivity index (χ0v) is 9.31. The summed E-state index contributed by atoms with van der Waals surface area (Å²) in [5, 5.41) is 0. The summed E-state index contributed by atoms with van der Waals surface area (Å²) < 4.78 is 76.0. The van der Waals surface area contributed by atoms with Gasteiger partial charge in [0, 0.05) is 0 Å². The minimum atomic E-state index is -5.18. The summed E-state index contributed by atoms with van der Waals surface area (Å²) in [7, 11) is 0. The smallest absolute Gasteiger partial charge is 0.402 e. The number of hydrogen-bond donors (Lipinski definition) is 0. The van der Waals surface area contributed by atoms with Gasteiger partial charge in [0.2, 0.25) is 0 Å². The predicted octanol–water partition coefficient (Wildman–Crippen LogP) is 3.66. The molecule has 0 aromatic carbocycles. The van der Waals surface area contributed by atoms with E-state index in [-0.39, 0.29) is 0 Å². The van der Waals surface area contributed by atoms with E-state index < -0.39 is 33.6 Å². The van der Waals surface area contributed by atoms with Crippen molar-refractivity contribution >= 4 is 22.6 Å². The third kappa shape index (κ3) is 3.12. The van der Waals surface area contributed by atoms with Crippen molar-refractivity contribution in [3.63, 3.8) is 0 Å². The Morgan fingerprint density at radius 3 is 2.31 bits per heavy atom. The highest BCUT2D eigenvalue weighted by molar-refractivity contribution is 14.1. The molecule has 0 fully saturated rings. The molecule has 0 aliphatic carbocycles. The lowest BCUT2D eigenvalue weighted by Gasteiger charge is -2.14. The first-order valence-electron chi connectivity index (χ1n) is 3.60. The van der Waals surface area contributed by atoms with Crippen LogP contribution < -0.4 is 4.74 Å². The lowest BCUT2D eigenvalue weighted by Crippen LogP contribution is -2.20. The van der Waals surface area contributed by atoms with Crippen LogP contribution in [0.3, 0.4) is 0 Å². The molecule has 0 amide bonds. The Morgan fingerprint density at radius 1 is 1.31 bits per heavy atom. The highest BCUT2D eigenvalue weighted by atomic mass is 127. The average molecular weight is 357 g/mol. The van der Waals surface area contributed by atoms with Crippen molar-refractivity contribution < 1.29 is 31.1 Å². The van der Waals surface area contributed by atoms with Crippen LogP contribution in [0.25, 0.3) is 0 Å². The summed E-state index contributed by atoms with van der Waals surface area (Å²) in [4.78, 5) is 3.16. The van der Waals surface area contributed by atoms with Gasteiger partial charge in [-0.1, -0.05) is 0 Å². The van der Waals surface area contributed by atoms with Crippen molar-refractivity contribution in [1.82, 2.24) is 4.98 Å². The summed E-state index contributed by atoms with van der Waals surface area (Å²) >= 11 is 1.24. The Morgan fingerprint density at radius 2 is 1.88 bits per heavy atom. The second-order valence-electron chi connectivity index (χ2n) is 2.49. The standard InChI is InChI=1S/C7H2F6INO/c8-2-1-15-6(14)4(3(2)5(9)10)16-7(11,12)13/h1,5H. The molecular weight excluding hydrogens is 355 g/mol. The predicted molar refractivity (Wildman–Crippen MR) is 48.6 cm³/mol. The summed E-state index contributed by atoms with van der Waals surface area (Å²) in [6.07, 6.45) is -8.19. The van der Waals surface area contributed by atoms with E-state index in [1.807, 2.05) is 0 Å². The molecule has 90 valence electrons. The van der Waals surface area contributed by atoms with Gasteiger partial charge in [-0.2, -0.15) is 0 Å². The van der Waals surface area contributed by atoms with E-state index in [1.54, 1.807) is 0 Å². The van der Waals surface area contributed by atoms with Crippen LogP contribution in [-0.2, 0) is 0 Å². The monoisotopic (exact) mass is 357 g/mol. The molecule has 1 heterocycles. The zero-order valence-electron chi connectivity index (χ0n) is 7.16. The van der Waals surface area contributed by atoms with Crippen molar-refractivity contribution in [2.75, 3.05) is 0 Å². The van der Waals surface area contributed by atoms with E-state index in [9.17, 15) is 26.3 Å². The number of ether oxygens (including phenoxy) is 1. The fourth-order valence-electron chi connectivity index (χ4n) is 0.877. The van der Waals surface area contributed by atoms with Gasteiger partial charge in [-0.15, -0.1) is 13.2 Å². The first-order valence-corrected chi connectivity index (χ1v) is 4.68. The number of rotatable bonds is 2. The van der Waals surface area contributed by atoms with Crippen molar-refractivity contribution in [2.24, 2.45) is 0 Å². The van der Waals surface area contributed by atoms with Gasteiger partial charge in [-0.3, -0.25) is 0 Å². The molecule has 0 saturated heterocycles. The molecule has 0 spiro atoms. The maximum Gasteiger partial charge on any atom is 0.573 e. The first-order chi connectivity index (χ1) is 7.22. The average Bonchev–Trinajstić information content (AvgIpc) is 2.08. The molecule has 0 N–H and O–H groups in total. The van der Waals surface area contributed by atoms with Crippen LogP contribution in [0.5, 0.6) is 5.75 Å². The Balaban J connectivity index is 3.29. The van der Waals surface area contributed by atoms with Crippen LogP contribution in [0.4, 0.5) is 26.3 Å². The van der Waals surface area contributed by atoms with Gasteiger partial charge in [0.25, 0.3) is 6.43 Å². The lowest BCUT2D eigenvalue weighted by atomic mass is 10.2. The van der Waals surface area contributed by atoms with Gasteiger partial charge in [-0.05, 0) is 22.6 Å². The fourth-order valence-corrected chi connectivity index (χ4v) is 1.42. The number of aromatic nitrogens is 1. The summed E-state index contributed by atoms with van der Waals surface area (Å²) in [5.74, 6) is -2.85. The van der Waals surface area contributed by atoms with Gasteiger partial charge >= 0.3 is 6.36 Å². The topological polar surface area (TPSA) is 22.1 Å². The fraction of sp³-hybridized carbons (Fsp3) is 0.286. The molecule has 16 heavy (non-hydrogen) atoms. The maximum atomic E-state index is 12.9. The quantitative estimate of drug-likeness (QED) is 0.458. The molecule has 0 saturated carbocycles. The maximum absolute atomic E-state index is 12.9. The number of halogens is 7. The van der Waals surface area contributed by atoms with E-state index in [2.05, 4.69) is 9.72 Å². The highest BCUT2D eigenvalue weighted by Crippen LogP contribution is 2.36. The third-order valence-electron chi connectivity index (χ3n) is 1.42. The molecule has 0 radical (unpaired) electrons. The van der Waals surface area contributed by atoms with E-state index in [0.29, 0.717) is 6.20 Å². The number of hydrogen-bond acceptors (Lipinski definition) is 2. The molecule has 0 aliphatic heterocycles. The summed E-state index contributed by atoms with van der Waals surface area (Å²) in [5.41, 5.74) is -1.45. The van der Waals surface area contributed by atoms with Crippen LogP contribution in [0.15, 0.2) is 6.20 Å². The Bertz CT molecular complexity index is 393. The molecule has 1 rings (SSSR count). The largest absolute Gasteiger partial charge is 0.573 e. The minimum absolute atomic E-state index is 0.409. The van der Waals surface area contributed by atoms with Crippen molar-refractivity contribution in [1.29, 1.82) is 0 Å². The second kappa shape index (κ2) is 4.63. The Kier molecular flexibility index (Phi) is 3.86. The SMILES string of the molecule is Fc1cnc(I)c(OC(F)(F)F)c1C(F)F. The van der Waals surface area contributed by atoms with E-state index in [4.69, 9.17) is 0 Å². The zero-order chi connectivity index (χ0) is 12.5. The Hall–Kier alpha value is -0.740. The molecule has 0 bridgehead atoms. The third-order valence-corrected chi connectivity index (χ3v) is 2.18. The minimum Gasteiger partial charge on any atom is -0.402 e. The molecular formula is C7H2F6INO. The van der Waals surface area contributed by atoms with Crippen molar-refractivity contribution in [3.05, 3.63) is 21.3 Å². The van der Waals surface area contributed by atoms with Crippen LogP contribution in [0, 0.1) is 9.52 Å². The molecule has 0 atom stereocenters. The highest BCUT2D eigenvalue weighted by Gasteiger charge is 2.36. The van der Waals surface area contributed by atoms with Crippen molar-refractivity contribution in [2.45, 2.75) is 12.8 Å². The normalized spacial score (nSPS) is 12.0. The lowest BCUT2D eigenvalue weighted by molar-refractivity contribution is -0.275. The number of alkyl halides is 5. The van der Waals surface area contributed by atoms with Gasteiger partial charge in [0.1, 0.15) is 9.26 Å². The number of pyridine rings is 1. The van der Waals surface area contributed by atoms with Gasteiger partial charge in [0.15, 0.2) is 11.6 Å². The van der Waals surface area contributed by atoms with Crippen LogP contribution in [0.2, 0.25) is 0 Å². The second-order valence-corrected chi connectivity index (χ2v) is 3.51. The molecule has 1 aromatic rings. The Labute approximate surface area is 98.7 Å². The number of nitrogens with zero attached hydrogens (tertiary/aromatic N) is 1. The molecule has 0 aliphatic rings. The van der Waals surface area contributed by atoms with Gasteiger partial charge < -0.3 is 4.74 Å². The first kappa shape index (κ1) is 13.3. The summed E-state index contributed by atoms with van der Waals surface area (Å²) in [6.45, 7) is 0. The van der Waals surface area contributed by atoms with Gasteiger partial charge in [-0.25, -0.2) is 18.2 Å². The van der Waals surface area contributed by atoms with Crippen LogP contribution in [-0.4, -0.2) is 11.3 Å². The molecule has 2 nitrogen and oxygen atoms in total. The molecule has 0 unspecified atom stereocenters. The molecule has 1 aromatic heterocycles. The van der Waals surface area contributed by atoms with E-state index in [1.165, 1.54) is 22.6 Å². The van der Waals surface area contributed by atoms with Gasteiger partial charge in [0.05, 0.1) is 6.20 Å². The summed E-state index contributed by atoms with van der Waals surface area (Å²) in [6, 6.07) is 0. The van der Waals surface area contributed by atoms with Crippen LogP contribution >= 0.6 is 22.6 Å². The van der Waals surface area contributed by atoms with Crippen LogP contribution in [0.1, 0.15) is 12.0 Å². The van der Waals surface area contributed by atoms with Crippen molar-refractivity contribution in [3.8, 4) is 5.75 Å². The van der Waals surface area contributed by atoms with E-state index in [0.717, 1.165) is 0 Å². The molecule has 9 heteroatoms. The van der Waals surface area contributed by atoms with E-state index >= 15 is 0 Å².